The Bertz CT molecular complexity index is 1200. The lowest BCUT2D eigenvalue weighted by Gasteiger charge is -2.35. The van der Waals surface area contributed by atoms with E-state index in [9.17, 15) is 9.59 Å². The van der Waals surface area contributed by atoms with Gasteiger partial charge in [0.2, 0.25) is 5.82 Å². The van der Waals surface area contributed by atoms with Gasteiger partial charge in [0.1, 0.15) is 0 Å². The van der Waals surface area contributed by atoms with Crippen LogP contribution in [0.5, 0.6) is 0 Å². The number of carbonyl (C=O) groups excluding carboxylic acids is 1. The van der Waals surface area contributed by atoms with E-state index in [1.54, 1.807) is 19.4 Å². The monoisotopic (exact) mass is 432 g/mol. The fraction of sp³-hybridized carbons (Fsp3) is 0.417. The normalized spacial score (nSPS) is 16.7. The summed E-state index contributed by atoms with van der Waals surface area (Å²) in [4.78, 5) is 40.3. The van der Waals surface area contributed by atoms with Crippen LogP contribution in [0.15, 0.2) is 35.4 Å². The minimum atomic E-state index is -0.279. The molecular weight excluding hydrogens is 404 g/mol. The van der Waals surface area contributed by atoms with Gasteiger partial charge >= 0.3 is 0 Å². The van der Waals surface area contributed by atoms with E-state index in [0.717, 1.165) is 75.2 Å². The average molecular weight is 433 g/mol. The van der Waals surface area contributed by atoms with Gasteiger partial charge in [-0.05, 0) is 42.9 Å². The molecule has 5 rings (SSSR count). The molecule has 3 aromatic rings. The molecule has 2 aromatic heterocycles. The summed E-state index contributed by atoms with van der Waals surface area (Å²) in [6.45, 7) is 4.46. The third kappa shape index (κ3) is 3.98. The van der Waals surface area contributed by atoms with Crippen LogP contribution in [-0.2, 0) is 19.4 Å². The summed E-state index contributed by atoms with van der Waals surface area (Å²) in [6, 6.07) is 6.53. The van der Waals surface area contributed by atoms with Gasteiger partial charge < -0.3 is 15.2 Å². The summed E-state index contributed by atoms with van der Waals surface area (Å²) >= 11 is 0. The zero-order chi connectivity index (χ0) is 22.1. The Morgan fingerprint density at radius 3 is 2.50 bits per heavy atom. The Balaban J connectivity index is 1.25. The molecule has 0 radical (unpaired) electrons. The second-order valence-electron chi connectivity index (χ2n) is 8.61. The molecule has 32 heavy (non-hydrogen) atoms. The SMILES string of the molecule is CNC(=O)c1ncc(N2CCN(Cc3ccc4c5c(c(=O)[nH]c4c3)CCCC5)CC2)cn1. The number of benzene rings is 1. The number of nitrogens with one attached hydrogen (secondary N) is 2. The Morgan fingerprint density at radius 2 is 1.78 bits per heavy atom. The standard InChI is InChI=1S/C24H28N6O2/c1-25-24(32)22-26-13-17(14-27-22)30-10-8-29(9-11-30)15-16-6-7-19-18-4-2-3-5-20(18)23(31)28-21(19)12-16/h6-7,12-14H,2-5,8-11,15H2,1H3,(H,25,32)(H,28,31). The van der Waals surface area contributed by atoms with Crippen LogP contribution >= 0.6 is 0 Å². The minimum Gasteiger partial charge on any atom is -0.366 e. The van der Waals surface area contributed by atoms with E-state index in [0.29, 0.717) is 0 Å². The zero-order valence-electron chi connectivity index (χ0n) is 18.4. The van der Waals surface area contributed by atoms with E-state index >= 15 is 0 Å². The number of aryl methyl sites for hydroxylation is 1. The van der Waals surface area contributed by atoms with E-state index in [2.05, 4.69) is 48.3 Å². The molecule has 2 aliphatic rings. The van der Waals surface area contributed by atoms with Crippen LogP contribution in [0.2, 0.25) is 0 Å². The lowest BCUT2D eigenvalue weighted by atomic mass is 9.89. The number of pyridine rings is 1. The first-order valence-corrected chi connectivity index (χ1v) is 11.3. The maximum atomic E-state index is 12.5. The van der Waals surface area contributed by atoms with Crippen LogP contribution in [0.3, 0.4) is 0 Å². The van der Waals surface area contributed by atoms with Crippen LogP contribution in [0.4, 0.5) is 5.69 Å². The summed E-state index contributed by atoms with van der Waals surface area (Å²) in [6.07, 6.45) is 7.60. The van der Waals surface area contributed by atoms with Gasteiger partial charge in [-0.1, -0.05) is 12.1 Å². The molecule has 8 nitrogen and oxygen atoms in total. The third-order valence-corrected chi connectivity index (χ3v) is 6.61. The van der Waals surface area contributed by atoms with Crippen LogP contribution < -0.4 is 15.8 Å². The molecule has 2 N–H and O–H groups in total. The second kappa shape index (κ2) is 8.70. The van der Waals surface area contributed by atoms with Crippen molar-refractivity contribution in [1.29, 1.82) is 0 Å². The summed E-state index contributed by atoms with van der Waals surface area (Å²) < 4.78 is 0. The molecule has 0 bridgehead atoms. The molecule has 166 valence electrons. The van der Waals surface area contributed by atoms with Gasteiger partial charge in [0.05, 0.1) is 18.1 Å². The fourth-order valence-corrected chi connectivity index (χ4v) is 4.84. The molecule has 0 atom stereocenters. The molecule has 0 unspecified atom stereocenters. The third-order valence-electron chi connectivity index (χ3n) is 6.61. The summed E-state index contributed by atoms with van der Waals surface area (Å²) in [5.74, 6) is -0.0934. The Hall–Kier alpha value is -3.26. The molecule has 1 amide bonds. The van der Waals surface area contributed by atoms with Crippen molar-refractivity contribution < 1.29 is 4.79 Å². The van der Waals surface area contributed by atoms with Gasteiger partial charge in [0.15, 0.2) is 0 Å². The molecule has 1 saturated heterocycles. The summed E-state index contributed by atoms with van der Waals surface area (Å²) in [5.41, 5.74) is 5.43. The molecule has 1 aliphatic heterocycles. The van der Waals surface area contributed by atoms with Gasteiger partial charge in [-0.25, -0.2) is 9.97 Å². The first kappa shape index (κ1) is 20.6. The number of rotatable bonds is 4. The highest BCUT2D eigenvalue weighted by Gasteiger charge is 2.20. The number of fused-ring (bicyclic) bond motifs is 3. The van der Waals surface area contributed by atoms with Crippen molar-refractivity contribution in [2.75, 3.05) is 38.1 Å². The van der Waals surface area contributed by atoms with Crippen molar-refractivity contribution in [2.24, 2.45) is 0 Å². The van der Waals surface area contributed by atoms with Crippen LogP contribution in [-0.4, -0.2) is 59.0 Å². The topological polar surface area (TPSA) is 94.2 Å². The number of amides is 1. The number of nitrogens with zero attached hydrogens (tertiary/aromatic N) is 4. The van der Waals surface area contributed by atoms with Gasteiger partial charge in [0, 0.05) is 56.2 Å². The summed E-state index contributed by atoms with van der Waals surface area (Å²) in [5, 5.41) is 3.74. The molecular formula is C24H28N6O2. The zero-order valence-corrected chi connectivity index (χ0v) is 18.4. The van der Waals surface area contributed by atoms with Gasteiger partial charge in [-0.3, -0.25) is 14.5 Å². The minimum absolute atomic E-state index is 0.0858. The molecule has 3 heterocycles. The number of H-pyrrole nitrogens is 1. The van der Waals surface area contributed by atoms with Crippen LogP contribution in [0.25, 0.3) is 10.9 Å². The Labute approximate surface area is 186 Å². The molecule has 0 saturated carbocycles. The van der Waals surface area contributed by atoms with Crippen molar-refractivity contribution in [3.05, 3.63) is 63.5 Å². The number of carbonyl (C=O) groups is 1. The summed E-state index contributed by atoms with van der Waals surface area (Å²) in [7, 11) is 1.57. The van der Waals surface area contributed by atoms with E-state index in [4.69, 9.17) is 0 Å². The molecule has 1 aliphatic carbocycles. The molecule has 1 aromatic carbocycles. The van der Waals surface area contributed by atoms with Gasteiger partial charge in [0.25, 0.3) is 11.5 Å². The second-order valence-corrected chi connectivity index (χ2v) is 8.61. The highest BCUT2D eigenvalue weighted by atomic mass is 16.2. The molecule has 1 fully saturated rings. The number of aromatic nitrogens is 3. The number of piperazine rings is 1. The quantitative estimate of drug-likeness (QED) is 0.654. The lowest BCUT2D eigenvalue weighted by molar-refractivity contribution is 0.0952. The van der Waals surface area contributed by atoms with Crippen LogP contribution in [0.1, 0.15) is 40.2 Å². The lowest BCUT2D eigenvalue weighted by Crippen LogP contribution is -2.46. The average Bonchev–Trinajstić information content (AvgIpc) is 2.84. The number of hydrogen-bond acceptors (Lipinski definition) is 6. The Morgan fingerprint density at radius 1 is 1.06 bits per heavy atom. The maximum Gasteiger partial charge on any atom is 0.288 e. The highest BCUT2D eigenvalue weighted by Crippen LogP contribution is 2.26. The highest BCUT2D eigenvalue weighted by molar-refractivity contribution is 5.90. The largest absolute Gasteiger partial charge is 0.366 e. The van der Waals surface area contributed by atoms with E-state index in [1.165, 1.54) is 16.5 Å². The first-order chi connectivity index (χ1) is 15.6. The first-order valence-electron chi connectivity index (χ1n) is 11.3. The molecule has 0 spiro atoms. The maximum absolute atomic E-state index is 12.5. The van der Waals surface area contributed by atoms with Crippen molar-refractivity contribution in [3.63, 3.8) is 0 Å². The predicted octanol–water partition coefficient (Wildman–Crippen LogP) is 1.88. The van der Waals surface area contributed by atoms with E-state index in [-0.39, 0.29) is 17.3 Å². The Kier molecular flexibility index (Phi) is 5.61. The fourth-order valence-electron chi connectivity index (χ4n) is 4.84. The van der Waals surface area contributed by atoms with Gasteiger partial charge in [-0.2, -0.15) is 0 Å². The number of aromatic amines is 1. The van der Waals surface area contributed by atoms with Crippen molar-refractivity contribution >= 4 is 22.5 Å². The van der Waals surface area contributed by atoms with Crippen molar-refractivity contribution in [3.8, 4) is 0 Å². The van der Waals surface area contributed by atoms with Crippen LogP contribution in [0, 0.1) is 0 Å². The number of anilines is 1. The molecule has 8 heteroatoms. The van der Waals surface area contributed by atoms with E-state index < -0.39 is 0 Å². The van der Waals surface area contributed by atoms with Crippen molar-refractivity contribution in [1.82, 2.24) is 25.2 Å². The number of hydrogen-bond donors (Lipinski definition) is 2. The van der Waals surface area contributed by atoms with Crippen molar-refractivity contribution in [2.45, 2.75) is 32.2 Å². The predicted molar refractivity (Wildman–Crippen MR) is 124 cm³/mol. The smallest absolute Gasteiger partial charge is 0.288 e. The van der Waals surface area contributed by atoms with E-state index in [1.807, 2.05) is 0 Å². The van der Waals surface area contributed by atoms with Gasteiger partial charge in [-0.15, -0.1) is 0 Å².